The molecule has 5 heteroatoms. The maximum absolute atomic E-state index is 12.7. The lowest BCUT2D eigenvalue weighted by Crippen LogP contribution is -2.34. The zero-order chi connectivity index (χ0) is 19.9. The van der Waals surface area contributed by atoms with Crippen molar-refractivity contribution >= 4 is 23.1 Å². The summed E-state index contributed by atoms with van der Waals surface area (Å²) in [6.07, 6.45) is 4.13. The van der Waals surface area contributed by atoms with Gasteiger partial charge >= 0.3 is 0 Å². The van der Waals surface area contributed by atoms with Crippen LogP contribution in [-0.4, -0.2) is 36.4 Å². The second-order valence-electron chi connectivity index (χ2n) is 6.46. The molecule has 2 amide bonds. The highest BCUT2D eigenvalue weighted by Crippen LogP contribution is 2.25. The van der Waals surface area contributed by atoms with Crippen molar-refractivity contribution < 1.29 is 14.3 Å². The molecule has 1 N–H and O–H groups in total. The lowest BCUT2D eigenvalue weighted by molar-refractivity contribution is -0.111. The van der Waals surface area contributed by atoms with Gasteiger partial charge in [-0.15, -0.1) is 0 Å². The van der Waals surface area contributed by atoms with Crippen molar-refractivity contribution in [3.63, 3.8) is 0 Å². The minimum absolute atomic E-state index is 0.0106. The Hall–Kier alpha value is -3.34. The Morgan fingerprint density at radius 2 is 1.86 bits per heavy atom. The van der Waals surface area contributed by atoms with E-state index in [1.54, 1.807) is 24.3 Å². The normalized spacial score (nSPS) is 13.5. The molecule has 0 saturated heterocycles. The summed E-state index contributed by atoms with van der Waals surface area (Å²) in [5.74, 6) is 0.581. The highest BCUT2D eigenvalue weighted by Gasteiger charge is 2.19. The molecule has 3 rings (SSSR count). The van der Waals surface area contributed by atoms with Gasteiger partial charge in [-0.2, -0.15) is 0 Å². The smallest absolute Gasteiger partial charge is 0.254 e. The zero-order valence-corrected chi connectivity index (χ0v) is 16.0. The van der Waals surface area contributed by atoms with E-state index in [1.807, 2.05) is 24.0 Å². The van der Waals surface area contributed by atoms with Crippen molar-refractivity contribution in [3.05, 3.63) is 78.4 Å². The minimum Gasteiger partial charge on any atom is -0.494 e. The number of benzene rings is 2. The number of anilines is 1. The predicted octanol–water partition coefficient (Wildman–Crippen LogP) is 4.14. The van der Waals surface area contributed by atoms with Gasteiger partial charge in [0.15, 0.2) is 0 Å². The molecular formula is C23H24N2O3. The molecule has 0 radical (unpaired) electrons. The summed E-state index contributed by atoms with van der Waals surface area (Å²) in [5.41, 5.74) is 3.65. The van der Waals surface area contributed by atoms with Crippen LogP contribution < -0.4 is 10.1 Å². The van der Waals surface area contributed by atoms with Crippen LogP contribution >= 0.6 is 0 Å². The van der Waals surface area contributed by atoms with E-state index in [-0.39, 0.29) is 11.8 Å². The number of ether oxygens (including phenoxy) is 1. The maximum Gasteiger partial charge on any atom is 0.254 e. The van der Waals surface area contributed by atoms with E-state index in [4.69, 9.17) is 4.74 Å². The van der Waals surface area contributed by atoms with Crippen LogP contribution in [0.1, 0.15) is 29.3 Å². The molecule has 2 aromatic carbocycles. The summed E-state index contributed by atoms with van der Waals surface area (Å²) in [6.45, 7) is 7.29. The van der Waals surface area contributed by atoms with Gasteiger partial charge < -0.3 is 15.0 Å². The zero-order valence-electron chi connectivity index (χ0n) is 16.0. The van der Waals surface area contributed by atoms with Gasteiger partial charge in [0.05, 0.1) is 6.61 Å². The third-order valence-corrected chi connectivity index (χ3v) is 4.62. The topological polar surface area (TPSA) is 58.6 Å². The average Bonchev–Trinajstić information content (AvgIpc) is 2.74. The van der Waals surface area contributed by atoms with E-state index in [2.05, 4.69) is 30.1 Å². The Morgan fingerprint density at radius 3 is 2.43 bits per heavy atom. The molecule has 28 heavy (non-hydrogen) atoms. The molecule has 0 aromatic heterocycles. The Kier molecular flexibility index (Phi) is 6.27. The van der Waals surface area contributed by atoms with E-state index in [0.717, 1.165) is 17.7 Å². The van der Waals surface area contributed by atoms with Gasteiger partial charge in [0.2, 0.25) is 5.91 Å². The van der Waals surface area contributed by atoms with Crippen LogP contribution in [0.5, 0.6) is 5.75 Å². The van der Waals surface area contributed by atoms with Gasteiger partial charge in [0, 0.05) is 24.3 Å². The molecule has 0 saturated carbocycles. The summed E-state index contributed by atoms with van der Waals surface area (Å²) in [4.78, 5) is 25.9. The molecule has 1 aliphatic rings. The van der Waals surface area contributed by atoms with Crippen LogP contribution in [0.2, 0.25) is 0 Å². The molecule has 0 fully saturated rings. The van der Waals surface area contributed by atoms with Crippen molar-refractivity contribution in [2.75, 3.05) is 25.0 Å². The first kappa shape index (κ1) is 19.4. The fraction of sp³-hybridized carbons (Fsp3) is 0.217. The highest BCUT2D eigenvalue weighted by molar-refractivity contribution is 6.00. The number of carbonyl (C=O) groups is 2. The van der Waals surface area contributed by atoms with Gasteiger partial charge in [-0.3, -0.25) is 9.59 Å². The lowest BCUT2D eigenvalue weighted by Gasteiger charge is -2.27. The van der Waals surface area contributed by atoms with E-state index in [1.165, 1.54) is 11.6 Å². The van der Waals surface area contributed by atoms with Gasteiger partial charge in [0.25, 0.3) is 5.91 Å². The SMILES string of the molecule is C=CC(=O)Nc1ccc(C(=O)N2CC=C(c3ccc(OCC)cc3)CC2)cc1. The first-order valence-corrected chi connectivity index (χ1v) is 9.35. The Bertz CT molecular complexity index is 883. The van der Waals surface area contributed by atoms with Crippen LogP contribution in [-0.2, 0) is 4.79 Å². The predicted molar refractivity (Wildman–Crippen MR) is 111 cm³/mol. The monoisotopic (exact) mass is 376 g/mol. The summed E-state index contributed by atoms with van der Waals surface area (Å²) in [6, 6.07) is 15.0. The summed E-state index contributed by atoms with van der Waals surface area (Å²) in [5, 5.41) is 2.67. The quantitative estimate of drug-likeness (QED) is 0.771. The molecular weight excluding hydrogens is 352 g/mol. The van der Waals surface area contributed by atoms with Gasteiger partial charge in [-0.05, 0) is 67.0 Å². The number of hydrogen-bond acceptors (Lipinski definition) is 3. The van der Waals surface area contributed by atoms with Crippen molar-refractivity contribution in [3.8, 4) is 5.75 Å². The molecule has 5 nitrogen and oxygen atoms in total. The van der Waals surface area contributed by atoms with Gasteiger partial charge in [-0.25, -0.2) is 0 Å². The molecule has 0 aliphatic carbocycles. The van der Waals surface area contributed by atoms with Gasteiger partial charge in [0.1, 0.15) is 5.75 Å². The minimum atomic E-state index is -0.276. The average molecular weight is 376 g/mol. The summed E-state index contributed by atoms with van der Waals surface area (Å²) >= 11 is 0. The maximum atomic E-state index is 12.7. The van der Waals surface area contributed by atoms with Gasteiger partial charge in [-0.1, -0.05) is 24.8 Å². The standard InChI is InChI=1S/C23H24N2O3/c1-3-22(26)24-20-9-5-19(6-10-20)23(27)25-15-13-18(14-16-25)17-7-11-21(12-8-17)28-4-2/h3,5-13H,1,4,14-16H2,2H3,(H,24,26). The third kappa shape index (κ3) is 4.68. The van der Waals surface area contributed by atoms with Crippen molar-refractivity contribution in [1.29, 1.82) is 0 Å². The Morgan fingerprint density at radius 1 is 1.14 bits per heavy atom. The molecule has 1 heterocycles. The largest absolute Gasteiger partial charge is 0.494 e. The van der Waals surface area contributed by atoms with E-state index in [9.17, 15) is 9.59 Å². The third-order valence-electron chi connectivity index (χ3n) is 4.62. The molecule has 0 bridgehead atoms. The van der Waals surface area contributed by atoms with E-state index in [0.29, 0.717) is 30.9 Å². The van der Waals surface area contributed by atoms with Crippen molar-refractivity contribution in [2.45, 2.75) is 13.3 Å². The number of carbonyl (C=O) groups excluding carboxylic acids is 2. The second kappa shape index (κ2) is 9.04. The number of amides is 2. The highest BCUT2D eigenvalue weighted by atomic mass is 16.5. The van der Waals surface area contributed by atoms with Crippen LogP contribution in [0.15, 0.2) is 67.3 Å². The van der Waals surface area contributed by atoms with E-state index >= 15 is 0 Å². The fourth-order valence-electron chi connectivity index (χ4n) is 3.12. The van der Waals surface area contributed by atoms with Crippen LogP contribution in [0.4, 0.5) is 5.69 Å². The molecule has 1 aliphatic heterocycles. The number of nitrogens with zero attached hydrogens (tertiary/aromatic N) is 1. The van der Waals surface area contributed by atoms with Crippen molar-refractivity contribution in [1.82, 2.24) is 4.90 Å². The molecule has 0 spiro atoms. The fourth-order valence-corrected chi connectivity index (χ4v) is 3.12. The number of rotatable bonds is 6. The summed E-state index contributed by atoms with van der Waals surface area (Å²) in [7, 11) is 0. The number of hydrogen-bond donors (Lipinski definition) is 1. The Balaban J connectivity index is 1.62. The number of nitrogens with one attached hydrogen (secondary N) is 1. The molecule has 0 atom stereocenters. The molecule has 144 valence electrons. The van der Waals surface area contributed by atoms with Crippen LogP contribution in [0.3, 0.4) is 0 Å². The van der Waals surface area contributed by atoms with Crippen LogP contribution in [0.25, 0.3) is 5.57 Å². The Labute approximate surface area is 165 Å². The van der Waals surface area contributed by atoms with Crippen molar-refractivity contribution in [2.24, 2.45) is 0 Å². The molecule has 2 aromatic rings. The lowest BCUT2D eigenvalue weighted by atomic mass is 9.99. The molecule has 0 unspecified atom stereocenters. The summed E-state index contributed by atoms with van der Waals surface area (Å²) < 4.78 is 5.48. The van der Waals surface area contributed by atoms with Crippen LogP contribution in [0, 0.1) is 0 Å². The first-order valence-electron chi connectivity index (χ1n) is 9.35. The second-order valence-corrected chi connectivity index (χ2v) is 6.46. The van der Waals surface area contributed by atoms with E-state index < -0.39 is 0 Å². The first-order chi connectivity index (χ1) is 13.6.